The zero-order valence-electron chi connectivity index (χ0n) is 10.5. The number of urea groups is 1. The van der Waals surface area contributed by atoms with E-state index in [1.807, 2.05) is 0 Å². The van der Waals surface area contributed by atoms with E-state index in [2.05, 4.69) is 0 Å². The maximum absolute atomic E-state index is 12.4. The van der Waals surface area contributed by atoms with Crippen molar-refractivity contribution in [1.29, 1.82) is 0 Å². The average molecular weight is 300 g/mol. The van der Waals surface area contributed by atoms with E-state index in [9.17, 15) is 22.8 Å². The van der Waals surface area contributed by atoms with Gasteiger partial charge < -0.3 is 24.7 Å². The van der Waals surface area contributed by atoms with Gasteiger partial charge >= 0.3 is 18.2 Å². The van der Waals surface area contributed by atoms with E-state index < -0.39 is 43.9 Å². The van der Waals surface area contributed by atoms with Crippen molar-refractivity contribution in [2.24, 2.45) is 0 Å². The van der Waals surface area contributed by atoms with Crippen molar-refractivity contribution in [1.82, 2.24) is 9.80 Å². The molecule has 20 heavy (non-hydrogen) atoms. The van der Waals surface area contributed by atoms with E-state index in [0.29, 0.717) is 0 Å². The molecule has 0 aliphatic carbocycles. The van der Waals surface area contributed by atoms with Crippen LogP contribution < -0.4 is 0 Å². The number of hydrogen-bond donors (Lipinski definition) is 2. The van der Waals surface area contributed by atoms with Gasteiger partial charge in [0.1, 0.15) is 13.1 Å². The third kappa shape index (κ3) is 4.85. The third-order valence-corrected chi connectivity index (χ3v) is 2.65. The number of carboxylic acids is 1. The van der Waals surface area contributed by atoms with Crippen LogP contribution in [0.3, 0.4) is 0 Å². The first kappa shape index (κ1) is 16.5. The number of aliphatic hydroxyl groups excluding tert-OH is 1. The summed E-state index contributed by atoms with van der Waals surface area (Å²) >= 11 is 0. The quantitative estimate of drug-likeness (QED) is 0.747. The van der Waals surface area contributed by atoms with Crippen molar-refractivity contribution in [2.45, 2.75) is 12.2 Å². The topological polar surface area (TPSA) is 90.3 Å². The van der Waals surface area contributed by atoms with Gasteiger partial charge in [0.25, 0.3) is 0 Å². The molecule has 10 heteroatoms. The number of carbonyl (C=O) groups is 2. The summed E-state index contributed by atoms with van der Waals surface area (Å²) in [6, 6.07) is -1.85. The maximum atomic E-state index is 12.4. The van der Waals surface area contributed by atoms with Gasteiger partial charge in [-0.3, -0.25) is 4.79 Å². The van der Waals surface area contributed by atoms with Crippen LogP contribution in [0.4, 0.5) is 18.0 Å². The third-order valence-electron chi connectivity index (χ3n) is 2.65. The molecule has 1 aliphatic heterocycles. The monoisotopic (exact) mass is 300 g/mol. The number of amides is 2. The largest absolute Gasteiger partial charge is 0.480 e. The molecule has 1 unspecified atom stereocenters. The van der Waals surface area contributed by atoms with Crippen molar-refractivity contribution < 1.29 is 37.7 Å². The van der Waals surface area contributed by atoms with E-state index in [1.165, 1.54) is 0 Å². The molecule has 0 radical (unpaired) electrons. The van der Waals surface area contributed by atoms with Gasteiger partial charge in [0.05, 0.1) is 25.9 Å². The lowest BCUT2D eigenvalue weighted by atomic mass is 10.2. The number of aliphatic hydroxyl groups is 1. The molecule has 2 amide bonds. The van der Waals surface area contributed by atoms with E-state index in [-0.39, 0.29) is 24.7 Å². The molecule has 1 saturated heterocycles. The standard InChI is InChI=1S/C10H15F3N2O5/c11-10(12,13)6-14(3-8(17)18)9(19)15-1-2-20-5-7(15)4-16/h7,16H,1-6H2,(H,17,18). The van der Waals surface area contributed by atoms with E-state index in [1.54, 1.807) is 0 Å². The second kappa shape index (κ2) is 6.75. The van der Waals surface area contributed by atoms with Crippen LogP contribution in [0.15, 0.2) is 0 Å². The minimum Gasteiger partial charge on any atom is -0.480 e. The normalized spacial score (nSPS) is 19.8. The number of aliphatic carboxylic acids is 1. The van der Waals surface area contributed by atoms with Gasteiger partial charge in [-0.05, 0) is 0 Å². The molecule has 0 spiro atoms. The second-order valence-corrected chi connectivity index (χ2v) is 4.25. The molecule has 1 heterocycles. The number of nitrogens with zero attached hydrogens (tertiary/aromatic N) is 2. The number of morpholine rings is 1. The molecule has 0 aromatic rings. The molecule has 2 N–H and O–H groups in total. The minimum atomic E-state index is -4.70. The summed E-state index contributed by atoms with van der Waals surface area (Å²) in [5, 5.41) is 17.7. The lowest BCUT2D eigenvalue weighted by molar-refractivity contribution is -0.150. The van der Waals surface area contributed by atoms with Gasteiger partial charge in [-0.1, -0.05) is 0 Å². The molecule has 1 aliphatic rings. The molecule has 7 nitrogen and oxygen atoms in total. The summed E-state index contributed by atoms with van der Waals surface area (Å²) < 4.78 is 42.2. The summed E-state index contributed by atoms with van der Waals surface area (Å²) in [7, 11) is 0. The predicted octanol–water partition coefficient (Wildman–Crippen LogP) is -0.252. The fourth-order valence-corrected chi connectivity index (χ4v) is 1.81. The van der Waals surface area contributed by atoms with Gasteiger partial charge in [-0.15, -0.1) is 0 Å². The summed E-state index contributed by atoms with van der Waals surface area (Å²) in [6.07, 6.45) is -4.70. The highest BCUT2D eigenvalue weighted by Gasteiger charge is 2.37. The van der Waals surface area contributed by atoms with E-state index in [4.69, 9.17) is 14.9 Å². The number of halogens is 3. The van der Waals surface area contributed by atoms with Crippen LogP contribution in [0, 0.1) is 0 Å². The Labute approximate surface area is 112 Å². The maximum Gasteiger partial charge on any atom is 0.406 e. The SMILES string of the molecule is O=C(O)CN(CC(F)(F)F)C(=O)N1CCOCC1CO. The average Bonchev–Trinajstić information content (AvgIpc) is 2.35. The fourth-order valence-electron chi connectivity index (χ4n) is 1.81. The molecule has 116 valence electrons. The Morgan fingerprint density at radius 2 is 2.05 bits per heavy atom. The number of hydrogen-bond acceptors (Lipinski definition) is 4. The van der Waals surface area contributed by atoms with Gasteiger partial charge in [0.15, 0.2) is 0 Å². The Morgan fingerprint density at radius 3 is 2.55 bits per heavy atom. The van der Waals surface area contributed by atoms with E-state index in [0.717, 1.165) is 4.90 Å². The van der Waals surface area contributed by atoms with Gasteiger partial charge in [0, 0.05) is 6.54 Å². The number of carbonyl (C=O) groups excluding carboxylic acids is 1. The predicted molar refractivity (Wildman–Crippen MR) is 59.1 cm³/mol. The van der Waals surface area contributed by atoms with E-state index >= 15 is 0 Å². The highest BCUT2D eigenvalue weighted by molar-refractivity contribution is 5.80. The molecular formula is C10H15F3N2O5. The van der Waals surface area contributed by atoms with Crippen molar-refractivity contribution in [3.05, 3.63) is 0 Å². The lowest BCUT2D eigenvalue weighted by Crippen LogP contribution is -2.57. The molecule has 0 saturated carbocycles. The first-order valence-electron chi connectivity index (χ1n) is 5.77. The summed E-state index contributed by atoms with van der Waals surface area (Å²) in [5.74, 6) is -1.54. The van der Waals surface area contributed by atoms with Crippen molar-refractivity contribution in [3.63, 3.8) is 0 Å². The molecule has 0 aromatic carbocycles. The molecule has 1 rings (SSSR count). The Balaban J connectivity index is 2.82. The van der Waals surface area contributed by atoms with Crippen LogP contribution in [0.25, 0.3) is 0 Å². The molecule has 0 aromatic heterocycles. The summed E-state index contributed by atoms with van der Waals surface area (Å²) in [6.45, 7) is -3.08. The smallest absolute Gasteiger partial charge is 0.406 e. The van der Waals surface area contributed by atoms with Crippen molar-refractivity contribution >= 4 is 12.0 Å². The summed E-state index contributed by atoms with van der Waals surface area (Å²) in [5.41, 5.74) is 0. The molecule has 1 atom stereocenters. The first-order valence-corrected chi connectivity index (χ1v) is 5.77. The van der Waals surface area contributed by atoms with Crippen LogP contribution in [-0.4, -0.2) is 83.7 Å². The number of carboxylic acid groups (broad SMARTS) is 1. The lowest BCUT2D eigenvalue weighted by Gasteiger charge is -2.37. The van der Waals surface area contributed by atoms with Crippen LogP contribution in [0.5, 0.6) is 0 Å². The van der Waals surface area contributed by atoms with Gasteiger partial charge in [-0.25, -0.2) is 4.79 Å². The van der Waals surface area contributed by atoms with Crippen LogP contribution in [0.2, 0.25) is 0 Å². The number of rotatable bonds is 4. The highest BCUT2D eigenvalue weighted by Crippen LogP contribution is 2.18. The Kier molecular flexibility index (Phi) is 5.57. The molecular weight excluding hydrogens is 285 g/mol. The first-order chi connectivity index (χ1) is 9.24. The Bertz CT molecular complexity index is 363. The highest BCUT2D eigenvalue weighted by atomic mass is 19.4. The molecule has 0 bridgehead atoms. The Morgan fingerprint density at radius 1 is 1.40 bits per heavy atom. The number of alkyl halides is 3. The number of ether oxygens (including phenoxy) is 1. The van der Waals surface area contributed by atoms with Gasteiger partial charge in [0.2, 0.25) is 0 Å². The van der Waals surface area contributed by atoms with Crippen LogP contribution in [-0.2, 0) is 9.53 Å². The van der Waals surface area contributed by atoms with Crippen LogP contribution in [0.1, 0.15) is 0 Å². The van der Waals surface area contributed by atoms with Gasteiger partial charge in [-0.2, -0.15) is 13.2 Å². The minimum absolute atomic E-state index is 0.00195. The Hall–Kier alpha value is -1.55. The zero-order valence-corrected chi connectivity index (χ0v) is 10.5. The van der Waals surface area contributed by atoms with Crippen LogP contribution >= 0.6 is 0 Å². The van der Waals surface area contributed by atoms with Crippen molar-refractivity contribution in [3.8, 4) is 0 Å². The second-order valence-electron chi connectivity index (χ2n) is 4.25. The molecule has 1 fully saturated rings. The fraction of sp³-hybridized carbons (Fsp3) is 0.800. The summed E-state index contributed by atoms with van der Waals surface area (Å²) in [4.78, 5) is 23.8. The zero-order chi connectivity index (χ0) is 15.3. The van der Waals surface area contributed by atoms with Crippen molar-refractivity contribution in [2.75, 3.05) is 39.5 Å².